The zero-order chi connectivity index (χ0) is 17.1. The zero-order valence-electron chi connectivity index (χ0n) is 14.0. The van der Waals surface area contributed by atoms with Crippen molar-refractivity contribution in [3.8, 4) is 0 Å². The molecular weight excluding hydrogens is 328 g/mol. The lowest BCUT2D eigenvalue weighted by molar-refractivity contribution is 0.490. The van der Waals surface area contributed by atoms with Gasteiger partial charge in [-0.3, -0.25) is 0 Å². The summed E-state index contributed by atoms with van der Waals surface area (Å²) in [4.78, 5) is 2.86. The molecule has 0 saturated carbocycles. The predicted octanol–water partition coefficient (Wildman–Crippen LogP) is 3.42. The van der Waals surface area contributed by atoms with Crippen LogP contribution in [0, 0.1) is 6.92 Å². The molecule has 4 nitrogen and oxygen atoms in total. The molecule has 0 aliphatic heterocycles. The fourth-order valence-corrected chi connectivity index (χ4v) is 4.79. The molecule has 0 atom stereocenters. The Bertz CT molecular complexity index is 759. The molecule has 0 saturated heterocycles. The van der Waals surface area contributed by atoms with Crippen LogP contribution in [0.25, 0.3) is 0 Å². The van der Waals surface area contributed by atoms with Crippen LogP contribution in [0.3, 0.4) is 0 Å². The van der Waals surface area contributed by atoms with Gasteiger partial charge in [0.05, 0.1) is 4.90 Å². The number of benzene rings is 1. The number of aryl methyl sites for hydroxylation is 1. The largest absolute Gasteiger partial charge is 0.308 e. The van der Waals surface area contributed by atoms with Crippen molar-refractivity contribution in [3.63, 3.8) is 0 Å². The van der Waals surface area contributed by atoms with Gasteiger partial charge in [-0.1, -0.05) is 18.2 Å². The average molecular weight is 353 g/mol. The molecule has 0 fully saturated rings. The SMILES string of the molecule is Cc1ccc(CNCc2ccccc2S(=O)(=O)NC(C)(C)C)s1. The van der Waals surface area contributed by atoms with E-state index in [0.29, 0.717) is 11.4 Å². The number of thiophene rings is 1. The van der Waals surface area contributed by atoms with Gasteiger partial charge in [-0.2, -0.15) is 0 Å². The van der Waals surface area contributed by atoms with Gasteiger partial charge >= 0.3 is 0 Å². The van der Waals surface area contributed by atoms with E-state index in [9.17, 15) is 8.42 Å². The van der Waals surface area contributed by atoms with E-state index < -0.39 is 15.6 Å². The lowest BCUT2D eigenvalue weighted by atomic mass is 10.1. The molecule has 0 radical (unpaired) electrons. The van der Waals surface area contributed by atoms with Crippen molar-refractivity contribution in [2.75, 3.05) is 0 Å². The summed E-state index contributed by atoms with van der Waals surface area (Å²) in [6.45, 7) is 8.84. The van der Waals surface area contributed by atoms with Gasteiger partial charge < -0.3 is 5.32 Å². The number of hydrogen-bond donors (Lipinski definition) is 2. The summed E-state index contributed by atoms with van der Waals surface area (Å²) in [5.41, 5.74) is 0.269. The lowest BCUT2D eigenvalue weighted by Gasteiger charge is -2.21. The Balaban J connectivity index is 2.11. The van der Waals surface area contributed by atoms with Gasteiger partial charge in [0.25, 0.3) is 0 Å². The van der Waals surface area contributed by atoms with E-state index >= 15 is 0 Å². The minimum Gasteiger partial charge on any atom is -0.308 e. The van der Waals surface area contributed by atoms with Crippen molar-refractivity contribution in [2.45, 2.75) is 51.2 Å². The number of sulfonamides is 1. The highest BCUT2D eigenvalue weighted by Gasteiger charge is 2.23. The van der Waals surface area contributed by atoms with Crippen molar-refractivity contribution in [2.24, 2.45) is 0 Å². The van der Waals surface area contributed by atoms with Gasteiger partial charge in [0.1, 0.15) is 0 Å². The van der Waals surface area contributed by atoms with Crippen LogP contribution >= 0.6 is 11.3 Å². The summed E-state index contributed by atoms with van der Waals surface area (Å²) in [7, 11) is -3.53. The Morgan fingerprint density at radius 3 is 2.35 bits per heavy atom. The highest BCUT2D eigenvalue weighted by molar-refractivity contribution is 7.89. The molecule has 0 bridgehead atoms. The minimum atomic E-state index is -3.53. The van der Waals surface area contributed by atoms with E-state index in [1.165, 1.54) is 9.75 Å². The summed E-state index contributed by atoms with van der Waals surface area (Å²) in [5.74, 6) is 0. The third-order valence-electron chi connectivity index (χ3n) is 3.11. The second-order valence-electron chi connectivity index (χ2n) is 6.58. The van der Waals surface area contributed by atoms with E-state index in [1.807, 2.05) is 32.9 Å². The van der Waals surface area contributed by atoms with Gasteiger partial charge in [-0.05, 0) is 51.5 Å². The van der Waals surface area contributed by atoms with Gasteiger partial charge in [-0.25, -0.2) is 13.1 Å². The molecule has 2 N–H and O–H groups in total. The Morgan fingerprint density at radius 2 is 1.74 bits per heavy atom. The number of nitrogens with one attached hydrogen (secondary N) is 2. The third kappa shape index (κ3) is 5.42. The molecule has 2 rings (SSSR count). The first-order valence-electron chi connectivity index (χ1n) is 7.55. The van der Waals surface area contributed by atoms with E-state index in [1.54, 1.807) is 23.5 Å². The van der Waals surface area contributed by atoms with Crippen LogP contribution < -0.4 is 10.0 Å². The van der Waals surface area contributed by atoms with Crippen LogP contribution in [0.15, 0.2) is 41.3 Å². The fourth-order valence-electron chi connectivity index (χ4n) is 2.27. The van der Waals surface area contributed by atoms with Crippen molar-refractivity contribution in [1.82, 2.24) is 10.0 Å². The lowest BCUT2D eigenvalue weighted by Crippen LogP contribution is -2.40. The van der Waals surface area contributed by atoms with Gasteiger partial charge in [0.2, 0.25) is 10.0 Å². The monoisotopic (exact) mass is 352 g/mol. The highest BCUT2D eigenvalue weighted by Crippen LogP contribution is 2.19. The molecule has 0 unspecified atom stereocenters. The molecule has 126 valence electrons. The van der Waals surface area contributed by atoms with E-state index in [2.05, 4.69) is 29.1 Å². The van der Waals surface area contributed by atoms with Crippen molar-refractivity contribution < 1.29 is 8.42 Å². The van der Waals surface area contributed by atoms with Crippen LogP contribution in [0.1, 0.15) is 36.1 Å². The van der Waals surface area contributed by atoms with Crippen LogP contribution in [0.5, 0.6) is 0 Å². The van der Waals surface area contributed by atoms with Crippen LogP contribution in [0.2, 0.25) is 0 Å². The summed E-state index contributed by atoms with van der Waals surface area (Å²) in [6, 6.07) is 11.3. The molecule has 23 heavy (non-hydrogen) atoms. The first-order valence-corrected chi connectivity index (χ1v) is 9.85. The Hall–Kier alpha value is -1.21. The summed E-state index contributed by atoms with van der Waals surface area (Å²) >= 11 is 1.75. The number of rotatable bonds is 6. The molecule has 1 aromatic carbocycles. The standard InChI is InChI=1S/C17H24N2O2S2/c1-13-9-10-15(22-13)12-18-11-14-7-5-6-8-16(14)23(20,21)19-17(2,3)4/h5-10,18-19H,11-12H2,1-4H3. The zero-order valence-corrected chi connectivity index (χ0v) is 15.6. The van der Waals surface area contributed by atoms with Gasteiger partial charge in [-0.15, -0.1) is 11.3 Å². The smallest absolute Gasteiger partial charge is 0.241 e. The maximum atomic E-state index is 12.6. The molecular formula is C17H24N2O2S2. The topological polar surface area (TPSA) is 58.2 Å². The summed E-state index contributed by atoms with van der Waals surface area (Å²) in [5, 5.41) is 3.32. The van der Waals surface area contributed by atoms with Crippen LogP contribution in [0.4, 0.5) is 0 Å². The summed E-state index contributed by atoms with van der Waals surface area (Å²) < 4.78 is 27.8. The molecule has 0 aliphatic carbocycles. The molecule has 1 aromatic heterocycles. The van der Waals surface area contributed by atoms with Gasteiger partial charge in [0.15, 0.2) is 0 Å². The number of hydrogen-bond acceptors (Lipinski definition) is 4. The van der Waals surface area contributed by atoms with E-state index in [0.717, 1.165) is 12.1 Å². The quantitative estimate of drug-likeness (QED) is 0.837. The van der Waals surface area contributed by atoms with Crippen molar-refractivity contribution >= 4 is 21.4 Å². The average Bonchev–Trinajstić information content (AvgIpc) is 2.82. The Kier molecular flexibility index (Phi) is 5.62. The van der Waals surface area contributed by atoms with E-state index in [-0.39, 0.29) is 0 Å². The Labute approximate surface area is 143 Å². The van der Waals surface area contributed by atoms with Crippen LogP contribution in [-0.2, 0) is 23.1 Å². The minimum absolute atomic E-state index is 0.338. The molecule has 2 aromatic rings. The first-order chi connectivity index (χ1) is 10.7. The summed E-state index contributed by atoms with van der Waals surface area (Å²) in [6.07, 6.45) is 0. The maximum Gasteiger partial charge on any atom is 0.241 e. The predicted molar refractivity (Wildman–Crippen MR) is 96.1 cm³/mol. The molecule has 1 heterocycles. The molecule has 0 spiro atoms. The second kappa shape index (κ2) is 7.13. The van der Waals surface area contributed by atoms with E-state index in [4.69, 9.17) is 0 Å². The molecule has 0 aliphatic rings. The first kappa shape index (κ1) is 18.1. The van der Waals surface area contributed by atoms with Crippen LogP contribution in [-0.4, -0.2) is 14.0 Å². The van der Waals surface area contributed by atoms with Crippen molar-refractivity contribution in [1.29, 1.82) is 0 Å². The highest BCUT2D eigenvalue weighted by atomic mass is 32.2. The Morgan fingerprint density at radius 1 is 1.04 bits per heavy atom. The molecule has 6 heteroatoms. The third-order valence-corrected chi connectivity index (χ3v) is 5.97. The fraction of sp³-hybridized carbons (Fsp3) is 0.412. The maximum absolute atomic E-state index is 12.6. The second-order valence-corrected chi connectivity index (χ2v) is 9.60. The molecule has 0 amide bonds. The van der Waals surface area contributed by atoms with Gasteiger partial charge in [0, 0.05) is 28.4 Å². The normalized spacial score (nSPS) is 12.5. The van der Waals surface area contributed by atoms with Crippen molar-refractivity contribution in [3.05, 3.63) is 51.7 Å².